The summed E-state index contributed by atoms with van der Waals surface area (Å²) in [6.07, 6.45) is 5.14. The minimum Gasteiger partial charge on any atom is -0.494 e. The molecular weight excluding hydrogens is 462 g/mol. The molecule has 1 saturated carbocycles. The normalized spacial score (nSPS) is 18.4. The molecule has 0 radical (unpaired) electrons. The van der Waals surface area contributed by atoms with Crippen LogP contribution in [-0.2, 0) is 0 Å². The van der Waals surface area contributed by atoms with Gasteiger partial charge in [-0.2, -0.15) is 0 Å². The number of hydrogen-bond acceptors (Lipinski definition) is 6. The summed E-state index contributed by atoms with van der Waals surface area (Å²) >= 11 is 1.68. The van der Waals surface area contributed by atoms with Crippen LogP contribution in [0.4, 0.5) is 5.69 Å². The first-order chi connectivity index (χ1) is 17.0. The number of benzene rings is 2. The molecule has 1 aliphatic heterocycles. The first-order valence-electron chi connectivity index (χ1n) is 12.2. The lowest BCUT2D eigenvalue weighted by molar-refractivity contribution is 0.298. The quantitative estimate of drug-likeness (QED) is 0.491. The molecule has 2 aliphatic rings. The molecule has 0 amide bonds. The van der Waals surface area contributed by atoms with Crippen LogP contribution >= 0.6 is 11.8 Å². The Balaban J connectivity index is 1.61. The van der Waals surface area contributed by atoms with Gasteiger partial charge >= 0.3 is 5.69 Å². The number of aromatic hydroxyl groups is 1. The number of rotatable bonds is 5. The van der Waals surface area contributed by atoms with E-state index in [1.807, 2.05) is 55.5 Å². The number of fused-ring (bicyclic) bond motifs is 1. The van der Waals surface area contributed by atoms with Crippen molar-refractivity contribution in [2.45, 2.75) is 61.6 Å². The molecule has 5 rings (SSSR count). The van der Waals surface area contributed by atoms with Crippen molar-refractivity contribution in [2.24, 2.45) is 4.99 Å². The fourth-order valence-electron chi connectivity index (χ4n) is 4.98. The van der Waals surface area contributed by atoms with E-state index in [2.05, 4.69) is 4.98 Å². The van der Waals surface area contributed by atoms with Gasteiger partial charge in [-0.25, -0.2) is 4.79 Å². The zero-order chi connectivity index (χ0) is 24.4. The topological polar surface area (TPSA) is 96.7 Å². The van der Waals surface area contributed by atoms with Gasteiger partial charge in [0.2, 0.25) is 5.88 Å². The maximum absolute atomic E-state index is 13.0. The van der Waals surface area contributed by atoms with Crippen LogP contribution in [0, 0.1) is 0 Å². The number of H-pyrrole nitrogens is 1. The first kappa shape index (κ1) is 23.5. The summed E-state index contributed by atoms with van der Waals surface area (Å²) in [5.41, 5.74) is 1.21. The average molecular weight is 492 g/mol. The second-order valence-corrected chi connectivity index (χ2v) is 10.2. The highest BCUT2D eigenvalue weighted by molar-refractivity contribution is 7.99. The minimum absolute atomic E-state index is 0.0399. The van der Waals surface area contributed by atoms with E-state index in [4.69, 9.17) is 9.73 Å². The van der Waals surface area contributed by atoms with Crippen molar-refractivity contribution in [2.75, 3.05) is 6.61 Å². The Hall–Kier alpha value is -3.26. The van der Waals surface area contributed by atoms with E-state index >= 15 is 0 Å². The first-order valence-corrected chi connectivity index (χ1v) is 13.1. The van der Waals surface area contributed by atoms with Gasteiger partial charge < -0.3 is 9.84 Å². The molecule has 0 unspecified atom stereocenters. The van der Waals surface area contributed by atoms with Gasteiger partial charge in [-0.05, 0) is 49.6 Å². The van der Waals surface area contributed by atoms with Crippen molar-refractivity contribution in [1.82, 2.24) is 9.55 Å². The van der Waals surface area contributed by atoms with Crippen molar-refractivity contribution in [1.29, 1.82) is 0 Å². The van der Waals surface area contributed by atoms with Gasteiger partial charge in [0.1, 0.15) is 11.3 Å². The van der Waals surface area contributed by atoms with Crippen molar-refractivity contribution >= 4 is 23.2 Å². The van der Waals surface area contributed by atoms with Crippen LogP contribution in [0.15, 0.2) is 68.0 Å². The average Bonchev–Trinajstić information content (AvgIpc) is 3.05. The molecule has 2 heterocycles. The summed E-state index contributed by atoms with van der Waals surface area (Å²) in [5, 5.41) is 11.2. The molecule has 0 saturated heterocycles. The van der Waals surface area contributed by atoms with Crippen LogP contribution < -0.4 is 16.0 Å². The van der Waals surface area contributed by atoms with E-state index in [1.165, 1.54) is 4.57 Å². The molecule has 8 heteroatoms. The molecule has 2 aromatic carbocycles. The highest BCUT2D eigenvalue weighted by Crippen LogP contribution is 2.46. The number of para-hydroxylation sites is 1. The molecule has 1 atom stereocenters. The summed E-state index contributed by atoms with van der Waals surface area (Å²) in [6.45, 7) is 2.55. The number of aliphatic imine (C=N–C) groups is 1. The van der Waals surface area contributed by atoms with Gasteiger partial charge in [0, 0.05) is 22.6 Å². The third-order valence-electron chi connectivity index (χ3n) is 6.68. The Morgan fingerprint density at radius 2 is 1.83 bits per heavy atom. The molecular formula is C27H29N3O4S. The number of nitrogens with zero attached hydrogens (tertiary/aromatic N) is 2. The van der Waals surface area contributed by atoms with Gasteiger partial charge in [0.05, 0.1) is 18.0 Å². The van der Waals surface area contributed by atoms with E-state index in [1.54, 1.807) is 11.8 Å². The lowest BCUT2D eigenvalue weighted by atomic mass is 9.95. The fraction of sp³-hybridized carbons (Fsp3) is 0.370. The predicted molar refractivity (Wildman–Crippen MR) is 139 cm³/mol. The van der Waals surface area contributed by atoms with Crippen molar-refractivity contribution in [3.63, 3.8) is 0 Å². The lowest BCUT2D eigenvalue weighted by Gasteiger charge is -2.25. The maximum Gasteiger partial charge on any atom is 0.331 e. The smallest absolute Gasteiger partial charge is 0.331 e. The van der Waals surface area contributed by atoms with Crippen LogP contribution in [0.3, 0.4) is 0 Å². The Labute approximate surface area is 207 Å². The van der Waals surface area contributed by atoms with Crippen molar-refractivity contribution < 1.29 is 9.84 Å². The summed E-state index contributed by atoms with van der Waals surface area (Å²) in [6, 6.07) is 15.6. The minimum atomic E-state index is -0.604. The zero-order valence-electron chi connectivity index (χ0n) is 19.7. The molecule has 35 heavy (non-hydrogen) atoms. The second-order valence-electron chi connectivity index (χ2n) is 8.96. The summed E-state index contributed by atoms with van der Waals surface area (Å²) < 4.78 is 6.96. The standard InChI is InChI=1S/C27H29N3O4S/c1-2-34-19-14-12-17(13-15-19)23-16-21(28-20-10-6-7-11-22(20)35-23)24-25(31)29-27(33)30(26(24)32)18-8-4-3-5-9-18/h6-7,10-15,18,23,32H,2-5,8-9,16H2,1H3,(H,29,31,33)/t23-/m1/s1. The highest BCUT2D eigenvalue weighted by Gasteiger charge is 2.29. The van der Waals surface area contributed by atoms with Crippen LogP contribution in [0.5, 0.6) is 11.6 Å². The zero-order valence-corrected chi connectivity index (χ0v) is 20.5. The Morgan fingerprint density at radius 1 is 1.09 bits per heavy atom. The monoisotopic (exact) mass is 491 g/mol. The summed E-state index contributed by atoms with van der Waals surface area (Å²) in [4.78, 5) is 34.1. The Bertz CT molecular complexity index is 1350. The Morgan fingerprint density at radius 3 is 2.57 bits per heavy atom. The fourth-order valence-corrected chi connectivity index (χ4v) is 6.21. The highest BCUT2D eigenvalue weighted by atomic mass is 32.2. The summed E-state index contributed by atoms with van der Waals surface area (Å²) in [7, 11) is 0. The molecule has 1 aromatic heterocycles. The number of aromatic amines is 1. The van der Waals surface area contributed by atoms with Crippen LogP contribution in [0.2, 0.25) is 0 Å². The van der Waals surface area contributed by atoms with Gasteiger partial charge in [0.15, 0.2) is 0 Å². The molecule has 2 N–H and O–H groups in total. The number of aromatic nitrogens is 2. The molecule has 3 aromatic rings. The van der Waals surface area contributed by atoms with Crippen molar-refractivity contribution in [3.8, 4) is 11.6 Å². The van der Waals surface area contributed by atoms with E-state index in [-0.39, 0.29) is 22.7 Å². The van der Waals surface area contributed by atoms with Gasteiger partial charge in [-0.1, -0.05) is 43.5 Å². The van der Waals surface area contributed by atoms with Gasteiger partial charge in [-0.3, -0.25) is 19.3 Å². The summed E-state index contributed by atoms with van der Waals surface area (Å²) in [5.74, 6) is 0.525. The maximum atomic E-state index is 13.0. The number of thioether (sulfide) groups is 1. The molecule has 0 bridgehead atoms. The lowest BCUT2D eigenvalue weighted by Crippen LogP contribution is -2.36. The molecule has 182 valence electrons. The third kappa shape index (κ3) is 4.80. The number of nitrogens with one attached hydrogen (secondary N) is 1. The molecule has 1 fully saturated rings. The molecule has 1 aliphatic carbocycles. The van der Waals surface area contributed by atoms with Crippen LogP contribution in [0.1, 0.15) is 67.9 Å². The molecule has 0 spiro atoms. The largest absolute Gasteiger partial charge is 0.494 e. The predicted octanol–water partition coefficient (Wildman–Crippen LogP) is 5.50. The SMILES string of the molecule is CCOc1ccc([C@H]2CC(c3c(O)n(C4CCCCC4)c(=O)[nH]c3=O)=Nc3ccccc3S2)cc1. The van der Waals surface area contributed by atoms with E-state index < -0.39 is 11.2 Å². The number of ether oxygens (including phenoxy) is 1. The van der Waals surface area contributed by atoms with E-state index in [0.717, 1.165) is 54.0 Å². The molecule has 7 nitrogen and oxygen atoms in total. The van der Waals surface area contributed by atoms with Crippen LogP contribution in [-0.4, -0.2) is 27.0 Å². The third-order valence-corrected chi connectivity index (χ3v) is 8.00. The van der Waals surface area contributed by atoms with Crippen LogP contribution in [0.25, 0.3) is 0 Å². The van der Waals surface area contributed by atoms with Crippen molar-refractivity contribution in [3.05, 3.63) is 80.5 Å². The van der Waals surface area contributed by atoms with Gasteiger partial charge in [0.25, 0.3) is 5.56 Å². The van der Waals surface area contributed by atoms with E-state index in [0.29, 0.717) is 18.7 Å². The Kier molecular flexibility index (Phi) is 6.81. The second kappa shape index (κ2) is 10.2. The van der Waals surface area contributed by atoms with E-state index in [9.17, 15) is 14.7 Å². The van der Waals surface area contributed by atoms with Gasteiger partial charge in [-0.15, -0.1) is 11.8 Å². The number of hydrogen-bond donors (Lipinski definition) is 2.